The molecule has 4 heteroatoms. The molecule has 1 fully saturated rings. The van der Waals surface area contributed by atoms with E-state index in [-0.39, 0.29) is 5.78 Å². The minimum absolute atomic E-state index is 0.146. The smallest absolute Gasteiger partial charge is 0.180 e. The molecule has 0 radical (unpaired) electrons. The van der Waals surface area contributed by atoms with Gasteiger partial charge in [-0.05, 0) is 25.1 Å². The highest BCUT2D eigenvalue weighted by Gasteiger charge is 2.25. The van der Waals surface area contributed by atoms with Crippen LogP contribution in [-0.4, -0.2) is 47.9 Å². The Morgan fingerprint density at radius 2 is 2.10 bits per heavy atom. The highest BCUT2D eigenvalue weighted by molar-refractivity contribution is 8.00. The molecule has 2 rings (SSSR count). The van der Waals surface area contributed by atoms with E-state index in [0.29, 0.717) is 22.6 Å². The van der Waals surface area contributed by atoms with Crippen molar-refractivity contribution >= 4 is 17.5 Å². The number of hydrogen-bond donors (Lipinski definition) is 0. The molecule has 0 bridgehead atoms. The van der Waals surface area contributed by atoms with Crippen molar-refractivity contribution in [3.05, 3.63) is 29.8 Å². The predicted octanol–water partition coefficient (Wildman–Crippen LogP) is 3.10. The zero-order chi connectivity index (χ0) is 14.6. The zero-order valence-corrected chi connectivity index (χ0v) is 13.3. The number of methoxy groups -OCH3 is 1. The molecule has 1 aliphatic heterocycles. The Balaban J connectivity index is 2.01. The van der Waals surface area contributed by atoms with Gasteiger partial charge in [-0.3, -0.25) is 9.69 Å². The fourth-order valence-electron chi connectivity index (χ4n) is 2.38. The van der Waals surface area contributed by atoms with E-state index in [1.54, 1.807) is 7.11 Å². The summed E-state index contributed by atoms with van der Waals surface area (Å²) >= 11 is 2.00. The number of thioether (sulfide) groups is 1. The van der Waals surface area contributed by atoms with E-state index in [4.69, 9.17) is 4.74 Å². The van der Waals surface area contributed by atoms with Crippen molar-refractivity contribution in [1.29, 1.82) is 0 Å². The molecule has 1 aromatic rings. The van der Waals surface area contributed by atoms with Crippen LogP contribution in [0.1, 0.15) is 30.6 Å². The second-order valence-electron chi connectivity index (χ2n) is 5.76. The Labute approximate surface area is 125 Å². The number of carbonyl (C=O) groups excluding carboxylic acids is 1. The van der Waals surface area contributed by atoms with Crippen molar-refractivity contribution in [3.8, 4) is 5.75 Å². The lowest BCUT2D eigenvalue weighted by Crippen LogP contribution is -2.32. The third-order valence-electron chi connectivity index (χ3n) is 3.71. The van der Waals surface area contributed by atoms with Crippen LogP contribution in [0, 0.1) is 0 Å². The predicted molar refractivity (Wildman–Crippen MR) is 84.9 cm³/mol. The van der Waals surface area contributed by atoms with Gasteiger partial charge in [0.15, 0.2) is 5.78 Å². The molecule has 3 nitrogen and oxygen atoms in total. The molecule has 0 N–H and O–H groups in total. The third kappa shape index (κ3) is 4.00. The summed E-state index contributed by atoms with van der Waals surface area (Å²) in [5.41, 5.74) is 0.686. The summed E-state index contributed by atoms with van der Waals surface area (Å²) in [5, 5.41) is 0. The van der Waals surface area contributed by atoms with Crippen molar-refractivity contribution < 1.29 is 9.53 Å². The summed E-state index contributed by atoms with van der Waals surface area (Å²) in [6.07, 6.45) is 1.12. The number of carbonyl (C=O) groups is 1. The lowest BCUT2D eigenvalue weighted by molar-refractivity contribution is 0.0931. The largest absolute Gasteiger partial charge is 0.496 e. The number of Topliss-reactive ketones (excluding diaryl/α,β-unsaturated/α-hetero) is 1. The summed E-state index contributed by atoms with van der Waals surface area (Å²) in [5.74, 6) is 1.90. The van der Waals surface area contributed by atoms with Crippen LogP contribution in [0.2, 0.25) is 0 Å². The number of rotatable bonds is 4. The van der Waals surface area contributed by atoms with E-state index in [1.165, 1.54) is 0 Å². The Morgan fingerprint density at radius 1 is 1.35 bits per heavy atom. The van der Waals surface area contributed by atoms with Crippen LogP contribution in [0.3, 0.4) is 0 Å². The maximum absolute atomic E-state index is 12.4. The van der Waals surface area contributed by atoms with Crippen LogP contribution in [0.15, 0.2) is 24.3 Å². The van der Waals surface area contributed by atoms with Crippen LogP contribution < -0.4 is 4.74 Å². The van der Waals surface area contributed by atoms with Crippen molar-refractivity contribution in [1.82, 2.24) is 4.90 Å². The second-order valence-corrected chi connectivity index (χ2v) is 7.56. The van der Waals surface area contributed by atoms with Gasteiger partial charge in [0.25, 0.3) is 0 Å². The highest BCUT2D eigenvalue weighted by Crippen LogP contribution is 2.30. The van der Waals surface area contributed by atoms with Crippen molar-refractivity contribution in [2.24, 2.45) is 0 Å². The highest BCUT2D eigenvalue weighted by atomic mass is 32.2. The molecule has 0 aromatic heterocycles. The standard InChI is InChI=1S/C16H23NO2S/c1-16(2)8-9-17(10-11-20-16)12-14(18)13-6-4-5-7-15(13)19-3/h4-7H,8-12H2,1-3H3. The molecule has 1 saturated heterocycles. The van der Waals surface area contributed by atoms with Gasteiger partial charge in [0.2, 0.25) is 0 Å². The van der Waals surface area contributed by atoms with Gasteiger partial charge in [-0.2, -0.15) is 11.8 Å². The average Bonchev–Trinajstić information content (AvgIpc) is 2.60. The van der Waals surface area contributed by atoms with Gasteiger partial charge >= 0.3 is 0 Å². The number of ether oxygens (including phenoxy) is 1. The number of nitrogens with zero attached hydrogens (tertiary/aromatic N) is 1. The van der Waals surface area contributed by atoms with Gasteiger partial charge in [0, 0.05) is 17.0 Å². The molecule has 0 unspecified atom stereocenters. The van der Waals surface area contributed by atoms with Gasteiger partial charge in [0.1, 0.15) is 5.75 Å². The topological polar surface area (TPSA) is 29.5 Å². The first-order chi connectivity index (χ1) is 9.52. The van der Waals surface area contributed by atoms with E-state index in [9.17, 15) is 4.79 Å². The van der Waals surface area contributed by atoms with E-state index in [0.717, 1.165) is 25.3 Å². The Bertz CT molecular complexity index is 473. The second kappa shape index (κ2) is 6.64. The van der Waals surface area contributed by atoms with Gasteiger partial charge in [-0.25, -0.2) is 0 Å². The van der Waals surface area contributed by atoms with Crippen LogP contribution >= 0.6 is 11.8 Å². The molecule has 1 heterocycles. The molecule has 110 valence electrons. The fraction of sp³-hybridized carbons (Fsp3) is 0.562. The first-order valence-electron chi connectivity index (χ1n) is 7.04. The van der Waals surface area contributed by atoms with Crippen LogP contribution in [-0.2, 0) is 0 Å². The molecule has 0 amide bonds. The van der Waals surface area contributed by atoms with Crippen molar-refractivity contribution in [2.75, 3.05) is 32.5 Å². The van der Waals surface area contributed by atoms with Gasteiger partial charge < -0.3 is 4.74 Å². The summed E-state index contributed by atoms with van der Waals surface area (Å²) in [6, 6.07) is 7.46. The summed E-state index contributed by atoms with van der Waals surface area (Å²) < 4.78 is 5.59. The summed E-state index contributed by atoms with van der Waals surface area (Å²) in [6.45, 7) is 7.01. The number of hydrogen-bond acceptors (Lipinski definition) is 4. The minimum Gasteiger partial charge on any atom is -0.496 e. The summed E-state index contributed by atoms with van der Waals surface area (Å²) in [4.78, 5) is 14.7. The van der Waals surface area contributed by atoms with E-state index in [2.05, 4.69) is 18.7 Å². The minimum atomic E-state index is 0.146. The fourth-order valence-corrected chi connectivity index (χ4v) is 3.52. The van der Waals surface area contributed by atoms with Gasteiger partial charge in [-0.1, -0.05) is 26.0 Å². The lowest BCUT2D eigenvalue weighted by atomic mass is 10.1. The number of para-hydroxylation sites is 1. The summed E-state index contributed by atoms with van der Waals surface area (Å²) in [7, 11) is 1.61. The molecule has 0 aliphatic carbocycles. The molecule has 1 aromatic carbocycles. The molecule has 1 aliphatic rings. The zero-order valence-electron chi connectivity index (χ0n) is 12.5. The molecular formula is C16H23NO2S. The first-order valence-corrected chi connectivity index (χ1v) is 8.03. The molecule has 0 saturated carbocycles. The maximum Gasteiger partial charge on any atom is 0.180 e. The molecule has 20 heavy (non-hydrogen) atoms. The number of ketones is 1. The molecular weight excluding hydrogens is 270 g/mol. The quantitative estimate of drug-likeness (QED) is 0.798. The van der Waals surface area contributed by atoms with Crippen LogP contribution in [0.5, 0.6) is 5.75 Å². The van der Waals surface area contributed by atoms with Crippen molar-refractivity contribution in [2.45, 2.75) is 25.0 Å². The van der Waals surface area contributed by atoms with Gasteiger partial charge in [-0.15, -0.1) is 0 Å². The van der Waals surface area contributed by atoms with E-state index < -0.39 is 0 Å². The lowest BCUT2D eigenvalue weighted by Gasteiger charge is -2.22. The Hall–Kier alpha value is -1.00. The van der Waals surface area contributed by atoms with Crippen molar-refractivity contribution in [3.63, 3.8) is 0 Å². The normalized spacial score (nSPS) is 19.4. The SMILES string of the molecule is COc1ccccc1C(=O)CN1CCSC(C)(C)CC1. The van der Waals surface area contributed by atoms with Gasteiger partial charge in [0.05, 0.1) is 19.2 Å². The first kappa shape index (κ1) is 15.4. The number of benzene rings is 1. The molecule has 0 atom stereocenters. The Kier molecular flexibility index (Phi) is 5.11. The van der Waals surface area contributed by atoms with E-state index in [1.807, 2.05) is 36.0 Å². The van der Waals surface area contributed by atoms with Crippen LogP contribution in [0.25, 0.3) is 0 Å². The average molecular weight is 293 g/mol. The monoisotopic (exact) mass is 293 g/mol. The Morgan fingerprint density at radius 3 is 2.85 bits per heavy atom. The molecule has 0 spiro atoms. The third-order valence-corrected chi connectivity index (χ3v) is 5.08. The maximum atomic E-state index is 12.4. The van der Waals surface area contributed by atoms with Crippen LogP contribution in [0.4, 0.5) is 0 Å². The van der Waals surface area contributed by atoms with E-state index >= 15 is 0 Å².